The van der Waals surface area contributed by atoms with Gasteiger partial charge in [-0.1, -0.05) is 72.8 Å². The molecule has 4 aromatic rings. The van der Waals surface area contributed by atoms with Crippen molar-refractivity contribution in [3.63, 3.8) is 0 Å². The molecule has 8 nitrogen and oxygen atoms in total. The van der Waals surface area contributed by atoms with Gasteiger partial charge in [-0.15, -0.1) is 0 Å². The highest BCUT2D eigenvalue weighted by Gasteiger charge is 2.18. The molecule has 0 aliphatic carbocycles. The van der Waals surface area contributed by atoms with Gasteiger partial charge in [0.15, 0.2) is 0 Å². The molecule has 0 radical (unpaired) electrons. The van der Waals surface area contributed by atoms with E-state index in [4.69, 9.17) is 0 Å². The summed E-state index contributed by atoms with van der Waals surface area (Å²) >= 11 is 0. The number of amides is 4. The van der Waals surface area contributed by atoms with Crippen LogP contribution in [0.5, 0.6) is 0 Å². The molecule has 0 aromatic heterocycles. The Labute approximate surface area is 271 Å². The lowest BCUT2D eigenvalue weighted by atomic mass is 10.1. The van der Waals surface area contributed by atoms with Gasteiger partial charge in [0.25, 0.3) is 23.6 Å². The standard InChI is InChI=1S/C38H42N4O4/c43-35(31-17-5-1-6-18-31)39-25-15-29-41(37(45)33-21-9-3-10-22-33)27-13-14-28-42(38(46)34-23-11-4-12-24-34)30-16-26-40-36(44)32-19-7-2-8-20-32/h1-12,17-24H,13-16,25-30H2,(H,39,43)(H,40,44). The first kappa shape index (κ1) is 33.6. The van der Waals surface area contributed by atoms with Crippen LogP contribution in [0.3, 0.4) is 0 Å². The lowest BCUT2D eigenvalue weighted by Crippen LogP contribution is -2.37. The third-order valence-electron chi connectivity index (χ3n) is 7.57. The zero-order valence-electron chi connectivity index (χ0n) is 26.1. The predicted molar refractivity (Wildman–Crippen MR) is 181 cm³/mol. The molecular weight excluding hydrogens is 576 g/mol. The van der Waals surface area contributed by atoms with E-state index in [9.17, 15) is 19.2 Å². The van der Waals surface area contributed by atoms with Crippen molar-refractivity contribution in [1.29, 1.82) is 0 Å². The monoisotopic (exact) mass is 618 g/mol. The molecule has 0 aliphatic rings. The van der Waals surface area contributed by atoms with Gasteiger partial charge in [-0.2, -0.15) is 0 Å². The number of carbonyl (C=O) groups is 4. The van der Waals surface area contributed by atoms with E-state index in [1.54, 1.807) is 24.3 Å². The number of hydrogen-bond donors (Lipinski definition) is 2. The van der Waals surface area contributed by atoms with Crippen molar-refractivity contribution in [2.45, 2.75) is 25.7 Å². The van der Waals surface area contributed by atoms with Crippen LogP contribution in [0.1, 0.15) is 67.1 Å². The lowest BCUT2D eigenvalue weighted by molar-refractivity contribution is 0.0719. The highest BCUT2D eigenvalue weighted by atomic mass is 16.2. The van der Waals surface area contributed by atoms with Gasteiger partial charge >= 0.3 is 0 Å². The number of hydrogen-bond acceptors (Lipinski definition) is 4. The Kier molecular flexibility index (Phi) is 13.6. The maximum absolute atomic E-state index is 13.4. The minimum Gasteiger partial charge on any atom is -0.352 e. The third-order valence-corrected chi connectivity index (χ3v) is 7.57. The number of carbonyl (C=O) groups excluding carboxylic acids is 4. The van der Waals surface area contributed by atoms with Crippen molar-refractivity contribution < 1.29 is 19.2 Å². The van der Waals surface area contributed by atoms with Crippen molar-refractivity contribution in [1.82, 2.24) is 20.4 Å². The van der Waals surface area contributed by atoms with E-state index in [0.717, 1.165) is 0 Å². The van der Waals surface area contributed by atoms with Crippen molar-refractivity contribution in [2.24, 2.45) is 0 Å². The summed E-state index contributed by atoms with van der Waals surface area (Å²) in [5.41, 5.74) is 2.45. The molecule has 0 aliphatic heterocycles. The molecule has 0 heterocycles. The molecule has 238 valence electrons. The predicted octanol–water partition coefficient (Wildman–Crippen LogP) is 5.69. The normalized spacial score (nSPS) is 10.5. The molecule has 0 atom stereocenters. The molecule has 0 unspecified atom stereocenters. The van der Waals surface area contributed by atoms with E-state index in [-0.39, 0.29) is 23.6 Å². The molecule has 8 heteroatoms. The summed E-state index contributed by atoms with van der Waals surface area (Å²) in [5, 5.41) is 5.87. The van der Waals surface area contributed by atoms with Gasteiger partial charge in [-0.05, 0) is 74.2 Å². The van der Waals surface area contributed by atoms with Crippen LogP contribution < -0.4 is 10.6 Å². The Morgan fingerprint density at radius 2 is 0.674 bits per heavy atom. The first-order valence-corrected chi connectivity index (χ1v) is 15.9. The highest BCUT2D eigenvalue weighted by Crippen LogP contribution is 2.11. The van der Waals surface area contributed by atoms with Crippen LogP contribution in [0.15, 0.2) is 121 Å². The molecule has 4 rings (SSSR count). The van der Waals surface area contributed by atoms with Gasteiger partial charge < -0.3 is 20.4 Å². The average molecular weight is 619 g/mol. The summed E-state index contributed by atoms with van der Waals surface area (Å²) in [6, 6.07) is 36.5. The Morgan fingerprint density at radius 3 is 1.00 bits per heavy atom. The van der Waals surface area contributed by atoms with Crippen molar-refractivity contribution >= 4 is 23.6 Å². The van der Waals surface area contributed by atoms with Crippen LogP contribution in [0.4, 0.5) is 0 Å². The van der Waals surface area contributed by atoms with Crippen LogP contribution in [-0.2, 0) is 0 Å². The van der Waals surface area contributed by atoms with Gasteiger partial charge in [0.2, 0.25) is 0 Å². The topological polar surface area (TPSA) is 98.8 Å². The molecular formula is C38H42N4O4. The second kappa shape index (κ2) is 18.5. The Bertz CT molecular complexity index is 1400. The van der Waals surface area contributed by atoms with Crippen LogP contribution in [0.25, 0.3) is 0 Å². The second-order valence-electron chi connectivity index (χ2n) is 11.0. The highest BCUT2D eigenvalue weighted by molar-refractivity contribution is 5.95. The largest absolute Gasteiger partial charge is 0.352 e. The SMILES string of the molecule is O=C(NCCCN(CCCCN(CCCNC(=O)c1ccccc1)C(=O)c1ccccc1)C(=O)c1ccccc1)c1ccccc1. The van der Waals surface area contributed by atoms with Crippen LogP contribution in [0.2, 0.25) is 0 Å². The quantitative estimate of drug-likeness (QED) is 0.149. The van der Waals surface area contributed by atoms with E-state index in [1.165, 1.54) is 0 Å². The summed E-state index contributed by atoms with van der Waals surface area (Å²) in [6.07, 6.45) is 2.64. The fourth-order valence-corrected chi connectivity index (χ4v) is 5.09. The maximum atomic E-state index is 13.4. The molecule has 4 aromatic carbocycles. The number of benzene rings is 4. The minimum absolute atomic E-state index is 0.0543. The van der Waals surface area contributed by atoms with E-state index in [0.29, 0.717) is 87.2 Å². The Morgan fingerprint density at radius 1 is 0.391 bits per heavy atom. The second-order valence-corrected chi connectivity index (χ2v) is 11.0. The molecule has 0 bridgehead atoms. The fraction of sp³-hybridized carbons (Fsp3) is 0.263. The van der Waals surface area contributed by atoms with Gasteiger partial charge in [0.05, 0.1) is 0 Å². The Balaban J connectivity index is 1.30. The fourth-order valence-electron chi connectivity index (χ4n) is 5.09. The van der Waals surface area contributed by atoms with Gasteiger partial charge in [0, 0.05) is 61.5 Å². The zero-order valence-corrected chi connectivity index (χ0v) is 26.1. The number of rotatable bonds is 17. The average Bonchev–Trinajstić information content (AvgIpc) is 3.12. The molecule has 46 heavy (non-hydrogen) atoms. The molecule has 2 N–H and O–H groups in total. The lowest BCUT2D eigenvalue weighted by Gasteiger charge is -2.25. The van der Waals surface area contributed by atoms with E-state index in [1.807, 2.05) is 107 Å². The van der Waals surface area contributed by atoms with Gasteiger partial charge in [-0.3, -0.25) is 19.2 Å². The minimum atomic E-state index is -0.135. The Hall–Kier alpha value is -5.24. The summed E-state index contributed by atoms with van der Waals surface area (Å²) < 4.78 is 0. The van der Waals surface area contributed by atoms with Crippen molar-refractivity contribution in [3.8, 4) is 0 Å². The van der Waals surface area contributed by atoms with E-state index in [2.05, 4.69) is 10.6 Å². The first-order chi connectivity index (χ1) is 22.5. The van der Waals surface area contributed by atoms with Crippen molar-refractivity contribution in [3.05, 3.63) is 144 Å². The molecule has 0 saturated carbocycles. The third kappa shape index (κ3) is 10.7. The molecule has 0 spiro atoms. The number of nitrogens with zero attached hydrogens (tertiary/aromatic N) is 2. The maximum Gasteiger partial charge on any atom is 0.253 e. The summed E-state index contributed by atoms with van der Waals surface area (Å²) in [4.78, 5) is 55.3. The van der Waals surface area contributed by atoms with Gasteiger partial charge in [-0.25, -0.2) is 0 Å². The first-order valence-electron chi connectivity index (χ1n) is 15.9. The summed E-state index contributed by atoms with van der Waals surface area (Å²) in [7, 11) is 0. The summed E-state index contributed by atoms with van der Waals surface area (Å²) in [6.45, 7) is 2.95. The summed E-state index contributed by atoms with van der Waals surface area (Å²) in [5.74, 6) is -0.378. The number of unbranched alkanes of at least 4 members (excludes halogenated alkanes) is 1. The zero-order chi connectivity index (χ0) is 32.4. The van der Waals surface area contributed by atoms with E-state index < -0.39 is 0 Å². The van der Waals surface area contributed by atoms with Crippen LogP contribution >= 0.6 is 0 Å². The smallest absolute Gasteiger partial charge is 0.253 e. The molecule has 0 fully saturated rings. The number of nitrogens with one attached hydrogen (secondary N) is 2. The van der Waals surface area contributed by atoms with Gasteiger partial charge in [0.1, 0.15) is 0 Å². The van der Waals surface area contributed by atoms with Crippen molar-refractivity contribution in [2.75, 3.05) is 39.3 Å². The molecule has 0 saturated heterocycles. The molecule has 4 amide bonds. The van der Waals surface area contributed by atoms with Crippen LogP contribution in [-0.4, -0.2) is 72.7 Å². The van der Waals surface area contributed by atoms with Crippen LogP contribution in [0, 0.1) is 0 Å². The van der Waals surface area contributed by atoms with E-state index >= 15 is 0 Å².